The van der Waals surface area contributed by atoms with Crippen molar-refractivity contribution in [2.45, 2.75) is 12.5 Å². The van der Waals surface area contributed by atoms with E-state index in [1.54, 1.807) is 29.0 Å². The van der Waals surface area contributed by atoms with Gasteiger partial charge in [-0.3, -0.25) is 0 Å². The molecular weight excluding hydrogens is 180 g/mol. The van der Waals surface area contributed by atoms with E-state index in [-0.39, 0.29) is 0 Å². The highest BCUT2D eigenvalue weighted by Crippen LogP contribution is 2.14. The Morgan fingerprint density at radius 1 is 1.57 bits per heavy atom. The van der Waals surface area contributed by atoms with Crippen LogP contribution in [0.15, 0.2) is 24.5 Å². The van der Waals surface area contributed by atoms with E-state index in [9.17, 15) is 5.11 Å². The van der Waals surface area contributed by atoms with Crippen LogP contribution in [0.2, 0.25) is 0 Å². The molecular formula is C9H12N4O. The molecule has 0 aromatic carbocycles. The van der Waals surface area contributed by atoms with E-state index in [0.29, 0.717) is 18.7 Å². The van der Waals surface area contributed by atoms with Gasteiger partial charge in [-0.2, -0.15) is 5.10 Å². The lowest BCUT2D eigenvalue weighted by Crippen LogP contribution is -2.07. The SMILES string of the molecule is NCC[C@@H](O)c1cc2ncccn2n1. The van der Waals surface area contributed by atoms with Gasteiger partial charge in [-0.25, -0.2) is 9.50 Å². The van der Waals surface area contributed by atoms with Crippen LogP contribution in [0.3, 0.4) is 0 Å². The van der Waals surface area contributed by atoms with Crippen molar-refractivity contribution in [3.05, 3.63) is 30.2 Å². The third kappa shape index (κ3) is 1.59. The summed E-state index contributed by atoms with van der Waals surface area (Å²) in [6.45, 7) is 0.447. The van der Waals surface area contributed by atoms with Crippen molar-refractivity contribution < 1.29 is 5.11 Å². The van der Waals surface area contributed by atoms with Gasteiger partial charge in [0.1, 0.15) is 0 Å². The Hall–Kier alpha value is -1.46. The number of aromatic nitrogens is 3. The topological polar surface area (TPSA) is 76.4 Å². The zero-order chi connectivity index (χ0) is 9.97. The van der Waals surface area contributed by atoms with E-state index in [2.05, 4.69) is 10.1 Å². The first kappa shape index (κ1) is 9.11. The molecule has 5 heteroatoms. The molecule has 2 aromatic rings. The Balaban J connectivity index is 2.35. The predicted octanol–water partition coefficient (Wildman–Crippen LogP) is 0.112. The molecule has 0 amide bonds. The first-order valence-corrected chi connectivity index (χ1v) is 4.49. The summed E-state index contributed by atoms with van der Waals surface area (Å²) in [5, 5.41) is 13.8. The molecule has 2 heterocycles. The van der Waals surface area contributed by atoms with Gasteiger partial charge in [0.25, 0.3) is 0 Å². The molecule has 0 unspecified atom stereocenters. The van der Waals surface area contributed by atoms with E-state index >= 15 is 0 Å². The summed E-state index contributed by atoms with van der Waals surface area (Å²) >= 11 is 0. The average Bonchev–Trinajstić information content (AvgIpc) is 2.61. The number of rotatable bonds is 3. The molecule has 0 saturated carbocycles. The van der Waals surface area contributed by atoms with Crippen LogP contribution in [-0.4, -0.2) is 26.2 Å². The quantitative estimate of drug-likeness (QED) is 0.723. The van der Waals surface area contributed by atoms with Gasteiger partial charge in [0.2, 0.25) is 0 Å². The van der Waals surface area contributed by atoms with Gasteiger partial charge in [0, 0.05) is 18.5 Å². The summed E-state index contributed by atoms with van der Waals surface area (Å²) in [7, 11) is 0. The molecule has 3 N–H and O–H groups in total. The number of nitrogens with two attached hydrogens (primary N) is 1. The Labute approximate surface area is 81.2 Å². The normalized spacial score (nSPS) is 13.3. The van der Waals surface area contributed by atoms with Gasteiger partial charge in [-0.1, -0.05) is 0 Å². The monoisotopic (exact) mass is 192 g/mol. The van der Waals surface area contributed by atoms with Crippen molar-refractivity contribution in [1.82, 2.24) is 14.6 Å². The molecule has 0 aliphatic heterocycles. The number of nitrogens with zero attached hydrogens (tertiary/aromatic N) is 3. The molecule has 1 atom stereocenters. The smallest absolute Gasteiger partial charge is 0.155 e. The zero-order valence-corrected chi connectivity index (χ0v) is 7.67. The number of aliphatic hydroxyl groups excluding tert-OH is 1. The number of hydrogen-bond acceptors (Lipinski definition) is 4. The van der Waals surface area contributed by atoms with E-state index in [4.69, 9.17) is 5.73 Å². The van der Waals surface area contributed by atoms with Gasteiger partial charge in [0.05, 0.1) is 11.8 Å². The lowest BCUT2D eigenvalue weighted by atomic mass is 10.2. The first-order chi connectivity index (χ1) is 6.81. The second kappa shape index (κ2) is 3.73. The minimum Gasteiger partial charge on any atom is -0.387 e. The first-order valence-electron chi connectivity index (χ1n) is 4.49. The van der Waals surface area contributed by atoms with E-state index in [1.807, 2.05) is 0 Å². The maximum Gasteiger partial charge on any atom is 0.155 e. The highest BCUT2D eigenvalue weighted by Gasteiger charge is 2.10. The summed E-state index contributed by atoms with van der Waals surface area (Å²) in [4.78, 5) is 4.10. The Morgan fingerprint density at radius 3 is 3.14 bits per heavy atom. The number of hydrogen-bond donors (Lipinski definition) is 2. The fourth-order valence-corrected chi connectivity index (χ4v) is 1.32. The van der Waals surface area contributed by atoms with Crippen molar-refractivity contribution in [3.63, 3.8) is 0 Å². The van der Waals surface area contributed by atoms with Crippen LogP contribution in [0, 0.1) is 0 Å². The summed E-state index contributed by atoms with van der Waals surface area (Å²) in [5.74, 6) is 0. The molecule has 0 aliphatic rings. The fraction of sp³-hybridized carbons (Fsp3) is 0.333. The molecule has 0 spiro atoms. The summed E-state index contributed by atoms with van der Waals surface area (Å²) in [6, 6.07) is 3.55. The lowest BCUT2D eigenvalue weighted by molar-refractivity contribution is 0.165. The van der Waals surface area contributed by atoms with Crippen molar-refractivity contribution in [2.24, 2.45) is 5.73 Å². The summed E-state index contributed by atoms with van der Waals surface area (Å²) in [5.41, 5.74) is 6.71. The molecule has 0 fully saturated rings. The van der Waals surface area contributed by atoms with Crippen molar-refractivity contribution >= 4 is 5.65 Å². The van der Waals surface area contributed by atoms with Gasteiger partial charge in [0.15, 0.2) is 5.65 Å². The van der Waals surface area contributed by atoms with Gasteiger partial charge in [-0.15, -0.1) is 0 Å². The highest BCUT2D eigenvalue weighted by molar-refractivity contribution is 5.38. The fourth-order valence-electron chi connectivity index (χ4n) is 1.32. The molecule has 0 bridgehead atoms. The van der Waals surface area contributed by atoms with E-state index in [1.165, 1.54) is 0 Å². The number of fused-ring (bicyclic) bond motifs is 1. The van der Waals surface area contributed by atoms with E-state index < -0.39 is 6.10 Å². The Morgan fingerprint density at radius 2 is 2.43 bits per heavy atom. The van der Waals surface area contributed by atoms with Crippen LogP contribution >= 0.6 is 0 Å². The van der Waals surface area contributed by atoms with Gasteiger partial charge >= 0.3 is 0 Å². The second-order valence-corrected chi connectivity index (χ2v) is 3.08. The Kier molecular flexibility index (Phi) is 2.43. The predicted molar refractivity (Wildman–Crippen MR) is 51.6 cm³/mol. The molecule has 0 radical (unpaired) electrons. The molecule has 5 nitrogen and oxygen atoms in total. The van der Waals surface area contributed by atoms with Crippen molar-refractivity contribution in [1.29, 1.82) is 0 Å². The van der Waals surface area contributed by atoms with Gasteiger partial charge in [-0.05, 0) is 19.0 Å². The number of aliphatic hydroxyl groups is 1. The van der Waals surface area contributed by atoms with E-state index in [0.717, 1.165) is 5.65 Å². The maximum atomic E-state index is 9.64. The van der Waals surface area contributed by atoms with Crippen molar-refractivity contribution in [2.75, 3.05) is 6.54 Å². The van der Waals surface area contributed by atoms with Crippen LogP contribution in [0.1, 0.15) is 18.2 Å². The van der Waals surface area contributed by atoms with Crippen LogP contribution in [0.5, 0.6) is 0 Å². The minimum absolute atomic E-state index is 0.447. The third-order valence-electron chi connectivity index (χ3n) is 2.04. The highest BCUT2D eigenvalue weighted by atomic mass is 16.3. The van der Waals surface area contributed by atoms with Crippen LogP contribution in [-0.2, 0) is 0 Å². The minimum atomic E-state index is -0.596. The van der Waals surface area contributed by atoms with Crippen LogP contribution in [0.25, 0.3) is 5.65 Å². The molecule has 0 aliphatic carbocycles. The third-order valence-corrected chi connectivity index (χ3v) is 2.04. The molecule has 0 saturated heterocycles. The molecule has 2 aromatic heterocycles. The zero-order valence-electron chi connectivity index (χ0n) is 7.67. The van der Waals surface area contributed by atoms with Crippen molar-refractivity contribution in [3.8, 4) is 0 Å². The standard InChI is InChI=1S/C9H12N4O/c10-3-2-8(14)7-6-9-11-4-1-5-13(9)12-7/h1,4-6,8,14H,2-3,10H2/t8-/m1/s1. The lowest BCUT2D eigenvalue weighted by Gasteiger charge is -2.03. The summed E-state index contributed by atoms with van der Waals surface area (Å²) < 4.78 is 1.63. The molecule has 2 rings (SSSR count). The van der Waals surface area contributed by atoms with Crippen LogP contribution < -0.4 is 5.73 Å². The molecule has 74 valence electrons. The largest absolute Gasteiger partial charge is 0.387 e. The van der Waals surface area contributed by atoms with Crippen LogP contribution in [0.4, 0.5) is 0 Å². The maximum absolute atomic E-state index is 9.64. The molecule has 14 heavy (non-hydrogen) atoms. The Bertz CT molecular complexity index is 392. The second-order valence-electron chi connectivity index (χ2n) is 3.08. The van der Waals surface area contributed by atoms with Gasteiger partial charge < -0.3 is 10.8 Å². The average molecular weight is 192 g/mol. The summed E-state index contributed by atoms with van der Waals surface area (Å²) in [6.07, 6.45) is 3.41.